The fourth-order valence-electron chi connectivity index (χ4n) is 1.74. The molecule has 0 radical (unpaired) electrons. The first kappa shape index (κ1) is 12.5. The van der Waals surface area contributed by atoms with E-state index in [1.807, 2.05) is 32.1 Å². The van der Waals surface area contributed by atoms with Crippen LogP contribution in [0.2, 0.25) is 0 Å². The Kier molecular flexibility index (Phi) is 4.29. The van der Waals surface area contributed by atoms with Crippen LogP contribution >= 0.6 is 0 Å². The molecule has 0 aliphatic heterocycles. The summed E-state index contributed by atoms with van der Waals surface area (Å²) in [5.41, 5.74) is 3.34. The Balaban J connectivity index is 3.03. The SMILES string of the molecule is C=CCc1cc(C)cc(C(C)C(=O)OC)c1. The summed E-state index contributed by atoms with van der Waals surface area (Å²) in [4.78, 5) is 11.5. The van der Waals surface area contributed by atoms with Crippen molar-refractivity contribution in [2.24, 2.45) is 0 Å². The van der Waals surface area contributed by atoms with E-state index in [1.165, 1.54) is 12.7 Å². The van der Waals surface area contributed by atoms with E-state index < -0.39 is 0 Å². The molecule has 0 fully saturated rings. The number of allylic oxidation sites excluding steroid dienone is 1. The lowest BCUT2D eigenvalue weighted by Gasteiger charge is -2.12. The summed E-state index contributed by atoms with van der Waals surface area (Å²) in [5.74, 6) is -0.413. The molecule has 1 aromatic carbocycles. The Labute approximate surface area is 96.9 Å². The van der Waals surface area contributed by atoms with Gasteiger partial charge in [0.2, 0.25) is 0 Å². The molecule has 0 heterocycles. The second kappa shape index (κ2) is 5.50. The summed E-state index contributed by atoms with van der Waals surface area (Å²) in [6.07, 6.45) is 2.68. The molecule has 0 N–H and O–H groups in total. The van der Waals surface area contributed by atoms with Gasteiger partial charge in [-0.25, -0.2) is 0 Å². The Hall–Kier alpha value is -1.57. The Morgan fingerprint density at radius 3 is 2.75 bits per heavy atom. The quantitative estimate of drug-likeness (QED) is 0.573. The fraction of sp³-hybridized carbons (Fsp3) is 0.357. The number of hydrogen-bond donors (Lipinski definition) is 0. The molecule has 0 amide bonds. The normalized spacial score (nSPS) is 11.9. The maximum atomic E-state index is 11.5. The number of rotatable bonds is 4. The molecule has 0 aliphatic carbocycles. The Morgan fingerprint density at radius 2 is 2.19 bits per heavy atom. The lowest BCUT2D eigenvalue weighted by Crippen LogP contribution is -2.11. The molecule has 2 heteroatoms. The molecule has 1 rings (SSSR count). The van der Waals surface area contributed by atoms with Crippen molar-refractivity contribution >= 4 is 5.97 Å². The standard InChI is InChI=1S/C14H18O2/c1-5-6-12-7-10(2)8-13(9-12)11(3)14(15)16-4/h5,7-9,11H,1,6H2,2-4H3. The van der Waals surface area contributed by atoms with Crippen LogP contribution < -0.4 is 0 Å². The van der Waals surface area contributed by atoms with E-state index in [0.717, 1.165) is 17.5 Å². The third-order valence-electron chi connectivity index (χ3n) is 2.59. The van der Waals surface area contributed by atoms with Crippen molar-refractivity contribution in [3.8, 4) is 0 Å². The van der Waals surface area contributed by atoms with Gasteiger partial charge in [-0.2, -0.15) is 0 Å². The summed E-state index contributed by atoms with van der Waals surface area (Å²) in [6, 6.07) is 6.17. The highest BCUT2D eigenvalue weighted by atomic mass is 16.5. The fourth-order valence-corrected chi connectivity index (χ4v) is 1.74. The minimum atomic E-state index is -0.214. The van der Waals surface area contributed by atoms with E-state index in [4.69, 9.17) is 4.74 Å². The highest BCUT2D eigenvalue weighted by Crippen LogP contribution is 2.20. The van der Waals surface area contributed by atoms with Gasteiger partial charge in [0.1, 0.15) is 0 Å². The number of benzene rings is 1. The molecule has 0 aromatic heterocycles. The molecule has 1 unspecified atom stereocenters. The molecule has 86 valence electrons. The average Bonchev–Trinajstić information content (AvgIpc) is 2.26. The Morgan fingerprint density at radius 1 is 1.50 bits per heavy atom. The van der Waals surface area contributed by atoms with Crippen molar-refractivity contribution in [1.82, 2.24) is 0 Å². The van der Waals surface area contributed by atoms with E-state index >= 15 is 0 Å². The zero-order valence-corrected chi connectivity index (χ0v) is 10.1. The molecular formula is C14H18O2. The summed E-state index contributed by atoms with van der Waals surface area (Å²) in [7, 11) is 1.42. The molecule has 0 saturated heterocycles. The molecule has 0 bridgehead atoms. The minimum absolute atomic E-state index is 0.199. The number of methoxy groups -OCH3 is 1. The summed E-state index contributed by atoms with van der Waals surface area (Å²) in [6.45, 7) is 7.61. The third kappa shape index (κ3) is 2.96. The van der Waals surface area contributed by atoms with Crippen LogP contribution in [0.1, 0.15) is 29.5 Å². The summed E-state index contributed by atoms with van der Waals surface area (Å²) >= 11 is 0. The molecule has 0 aliphatic rings. The van der Waals surface area contributed by atoms with Gasteiger partial charge in [-0.05, 0) is 31.4 Å². The minimum Gasteiger partial charge on any atom is -0.469 e. The molecule has 2 nitrogen and oxygen atoms in total. The summed E-state index contributed by atoms with van der Waals surface area (Å²) in [5, 5.41) is 0. The average molecular weight is 218 g/mol. The van der Waals surface area contributed by atoms with Crippen LogP contribution in [-0.4, -0.2) is 13.1 Å². The van der Waals surface area contributed by atoms with E-state index in [2.05, 4.69) is 12.6 Å². The van der Waals surface area contributed by atoms with Crippen LogP contribution in [0.15, 0.2) is 30.9 Å². The highest BCUT2D eigenvalue weighted by molar-refractivity contribution is 5.77. The number of hydrogen-bond acceptors (Lipinski definition) is 2. The lowest BCUT2D eigenvalue weighted by atomic mass is 9.96. The zero-order valence-electron chi connectivity index (χ0n) is 10.1. The van der Waals surface area contributed by atoms with Gasteiger partial charge in [0.05, 0.1) is 13.0 Å². The highest BCUT2D eigenvalue weighted by Gasteiger charge is 2.16. The predicted octanol–water partition coefficient (Wildman–Crippen LogP) is 3.00. The van der Waals surface area contributed by atoms with Gasteiger partial charge in [-0.15, -0.1) is 6.58 Å². The van der Waals surface area contributed by atoms with Gasteiger partial charge < -0.3 is 4.74 Å². The number of carbonyl (C=O) groups excluding carboxylic acids is 1. The number of ether oxygens (including phenoxy) is 1. The monoisotopic (exact) mass is 218 g/mol. The van der Waals surface area contributed by atoms with E-state index in [9.17, 15) is 4.79 Å². The van der Waals surface area contributed by atoms with Gasteiger partial charge in [0.25, 0.3) is 0 Å². The van der Waals surface area contributed by atoms with Crippen LogP contribution in [0.3, 0.4) is 0 Å². The topological polar surface area (TPSA) is 26.3 Å². The first-order valence-electron chi connectivity index (χ1n) is 5.37. The van der Waals surface area contributed by atoms with Crippen molar-refractivity contribution < 1.29 is 9.53 Å². The van der Waals surface area contributed by atoms with Gasteiger partial charge in [-0.1, -0.05) is 29.8 Å². The zero-order chi connectivity index (χ0) is 12.1. The van der Waals surface area contributed by atoms with E-state index in [1.54, 1.807) is 0 Å². The lowest BCUT2D eigenvalue weighted by molar-refractivity contribution is -0.141. The third-order valence-corrected chi connectivity index (χ3v) is 2.59. The predicted molar refractivity (Wildman–Crippen MR) is 65.5 cm³/mol. The smallest absolute Gasteiger partial charge is 0.312 e. The van der Waals surface area contributed by atoms with E-state index in [0.29, 0.717) is 0 Å². The van der Waals surface area contributed by atoms with Crippen LogP contribution in [0.4, 0.5) is 0 Å². The van der Waals surface area contributed by atoms with Crippen LogP contribution in [0, 0.1) is 6.92 Å². The molecule has 0 saturated carbocycles. The molecule has 1 atom stereocenters. The van der Waals surface area contributed by atoms with Crippen molar-refractivity contribution in [3.63, 3.8) is 0 Å². The Bertz CT molecular complexity index is 394. The second-order valence-corrected chi connectivity index (χ2v) is 3.99. The molecule has 16 heavy (non-hydrogen) atoms. The largest absolute Gasteiger partial charge is 0.469 e. The van der Waals surface area contributed by atoms with Gasteiger partial charge in [0, 0.05) is 0 Å². The van der Waals surface area contributed by atoms with Crippen molar-refractivity contribution in [1.29, 1.82) is 0 Å². The van der Waals surface area contributed by atoms with Crippen LogP contribution in [-0.2, 0) is 16.0 Å². The van der Waals surface area contributed by atoms with Crippen molar-refractivity contribution in [2.75, 3.05) is 7.11 Å². The second-order valence-electron chi connectivity index (χ2n) is 3.99. The van der Waals surface area contributed by atoms with Gasteiger partial charge in [0.15, 0.2) is 0 Å². The van der Waals surface area contributed by atoms with Crippen molar-refractivity contribution in [3.05, 3.63) is 47.5 Å². The van der Waals surface area contributed by atoms with Gasteiger partial charge in [-0.3, -0.25) is 4.79 Å². The first-order valence-corrected chi connectivity index (χ1v) is 5.37. The molecule has 1 aromatic rings. The van der Waals surface area contributed by atoms with Gasteiger partial charge >= 0.3 is 5.97 Å². The summed E-state index contributed by atoms with van der Waals surface area (Å²) < 4.78 is 4.75. The molecule has 0 spiro atoms. The van der Waals surface area contributed by atoms with E-state index in [-0.39, 0.29) is 11.9 Å². The first-order chi connectivity index (χ1) is 7.58. The van der Waals surface area contributed by atoms with Crippen LogP contribution in [0.5, 0.6) is 0 Å². The number of carbonyl (C=O) groups is 1. The number of esters is 1. The number of aryl methyl sites for hydroxylation is 1. The maximum absolute atomic E-state index is 11.5. The van der Waals surface area contributed by atoms with Crippen LogP contribution in [0.25, 0.3) is 0 Å². The molecular weight excluding hydrogens is 200 g/mol. The maximum Gasteiger partial charge on any atom is 0.312 e. The van der Waals surface area contributed by atoms with Crippen molar-refractivity contribution in [2.45, 2.75) is 26.2 Å².